The molecule has 0 spiro atoms. The molecule has 7 heteroatoms. The highest BCUT2D eigenvalue weighted by Gasteiger charge is 2.16. The normalized spacial score (nSPS) is 11.7. The Labute approximate surface area is 168 Å². The third-order valence-electron chi connectivity index (χ3n) is 4.36. The van der Waals surface area contributed by atoms with Crippen LogP contribution >= 0.6 is 11.6 Å². The van der Waals surface area contributed by atoms with Crippen LogP contribution in [0.2, 0.25) is 5.02 Å². The van der Waals surface area contributed by atoms with E-state index in [0.29, 0.717) is 10.8 Å². The average Bonchev–Trinajstić information content (AvgIpc) is 2.99. The Morgan fingerprint density at radius 1 is 1.00 bits per heavy atom. The summed E-state index contributed by atoms with van der Waals surface area (Å²) >= 11 is 6.27. The van der Waals surface area contributed by atoms with E-state index in [1.807, 2.05) is 47.9 Å². The van der Waals surface area contributed by atoms with Gasteiger partial charge < -0.3 is 4.74 Å². The van der Waals surface area contributed by atoms with Gasteiger partial charge in [0.1, 0.15) is 27.7 Å². The van der Waals surface area contributed by atoms with Crippen molar-refractivity contribution in [3.63, 3.8) is 0 Å². The Balaban J connectivity index is 1.79. The molecule has 0 aliphatic carbocycles. The van der Waals surface area contributed by atoms with Gasteiger partial charge in [-0.3, -0.25) is 4.57 Å². The monoisotopic (exact) mass is 412 g/mol. The first-order valence-corrected chi connectivity index (χ1v) is 10.8. The van der Waals surface area contributed by atoms with Gasteiger partial charge >= 0.3 is 0 Å². The minimum atomic E-state index is -3.40. The zero-order valence-corrected chi connectivity index (χ0v) is 16.8. The second-order valence-corrected chi connectivity index (χ2v) is 8.81. The molecular formula is C21H17ClN2O3S. The van der Waals surface area contributed by atoms with Crippen LogP contribution in [-0.2, 0) is 9.84 Å². The highest BCUT2D eigenvalue weighted by atomic mass is 35.5. The van der Waals surface area contributed by atoms with Gasteiger partial charge in [0, 0.05) is 12.3 Å². The summed E-state index contributed by atoms with van der Waals surface area (Å²) in [7, 11) is -3.40. The number of hydrogen-bond acceptors (Lipinski definition) is 4. The zero-order chi connectivity index (χ0) is 19.9. The molecular weight excluding hydrogens is 396 g/mol. The molecule has 4 aromatic rings. The first-order chi connectivity index (χ1) is 13.3. The van der Waals surface area contributed by atoms with E-state index in [-0.39, 0.29) is 10.6 Å². The molecule has 0 radical (unpaired) electrons. The van der Waals surface area contributed by atoms with E-state index in [2.05, 4.69) is 4.98 Å². The predicted molar refractivity (Wildman–Crippen MR) is 110 cm³/mol. The van der Waals surface area contributed by atoms with E-state index in [4.69, 9.17) is 16.3 Å². The van der Waals surface area contributed by atoms with E-state index < -0.39 is 9.84 Å². The molecule has 0 atom stereocenters. The second-order valence-electron chi connectivity index (χ2n) is 6.42. The van der Waals surface area contributed by atoms with Crippen LogP contribution in [-0.4, -0.2) is 24.2 Å². The van der Waals surface area contributed by atoms with Crippen LogP contribution in [0.1, 0.15) is 5.82 Å². The standard InChI is InChI=1S/C21H17ClN2O3S/c1-14-23-21-17(22)9-6-10-18(21)24(14)15-7-5-8-16(13-15)27-19-11-3-4-12-20(19)28(2,25)26/h3-13H,1-2H3. The van der Waals surface area contributed by atoms with Crippen LogP contribution in [0.5, 0.6) is 11.5 Å². The second kappa shape index (κ2) is 6.96. The van der Waals surface area contributed by atoms with E-state index in [1.54, 1.807) is 24.3 Å². The average molecular weight is 413 g/mol. The molecule has 0 amide bonds. The number of halogens is 1. The fraction of sp³-hybridized carbons (Fsp3) is 0.0952. The number of rotatable bonds is 4. The summed E-state index contributed by atoms with van der Waals surface area (Å²) in [6.45, 7) is 1.91. The molecule has 0 saturated carbocycles. The fourth-order valence-electron chi connectivity index (χ4n) is 3.16. The van der Waals surface area contributed by atoms with Crippen molar-refractivity contribution in [1.29, 1.82) is 0 Å². The number of hydrogen-bond donors (Lipinski definition) is 0. The first-order valence-electron chi connectivity index (χ1n) is 8.55. The minimum absolute atomic E-state index is 0.149. The van der Waals surface area contributed by atoms with E-state index in [1.165, 1.54) is 6.07 Å². The SMILES string of the molecule is Cc1nc2c(Cl)cccc2n1-c1cccc(Oc2ccccc2S(C)(=O)=O)c1. The van der Waals surface area contributed by atoms with Gasteiger partial charge in [0.25, 0.3) is 0 Å². The van der Waals surface area contributed by atoms with Crippen LogP contribution in [0.25, 0.3) is 16.7 Å². The van der Waals surface area contributed by atoms with Gasteiger partial charge in [-0.05, 0) is 43.3 Å². The van der Waals surface area contributed by atoms with Gasteiger partial charge in [0.15, 0.2) is 9.84 Å². The smallest absolute Gasteiger partial charge is 0.179 e. The van der Waals surface area contributed by atoms with Crippen molar-refractivity contribution >= 4 is 32.5 Å². The third kappa shape index (κ3) is 3.37. The number of para-hydroxylation sites is 2. The molecule has 3 aromatic carbocycles. The first kappa shape index (κ1) is 18.5. The van der Waals surface area contributed by atoms with Crippen molar-refractivity contribution in [3.05, 3.63) is 77.6 Å². The molecule has 0 saturated heterocycles. The Hall–Kier alpha value is -2.83. The number of ether oxygens (including phenoxy) is 1. The zero-order valence-electron chi connectivity index (χ0n) is 15.3. The molecule has 28 heavy (non-hydrogen) atoms. The molecule has 142 valence electrons. The van der Waals surface area contributed by atoms with Crippen LogP contribution < -0.4 is 4.74 Å². The maximum absolute atomic E-state index is 12.0. The Kier molecular flexibility index (Phi) is 4.61. The van der Waals surface area contributed by atoms with Crippen LogP contribution in [0.4, 0.5) is 0 Å². The summed E-state index contributed by atoms with van der Waals surface area (Å²) in [5.74, 6) is 1.60. The van der Waals surface area contributed by atoms with Gasteiger partial charge in [-0.2, -0.15) is 0 Å². The number of fused-ring (bicyclic) bond motifs is 1. The summed E-state index contributed by atoms with van der Waals surface area (Å²) < 4.78 is 31.9. The quantitative estimate of drug-likeness (QED) is 0.463. The minimum Gasteiger partial charge on any atom is -0.456 e. The predicted octanol–water partition coefficient (Wildman–Crippen LogP) is 5.18. The van der Waals surface area contributed by atoms with Crippen molar-refractivity contribution in [2.24, 2.45) is 0 Å². The summed E-state index contributed by atoms with van der Waals surface area (Å²) in [5.41, 5.74) is 2.46. The van der Waals surface area contributed by atoms with Crippen molar-refractivity contribution in [1.82, 2.24) is 9.55 Å². The number of aromatic nitrogens is 2. The maximum atomic E-state index is 12.0. The fourth-order valence-corrected chi connectivity index (χ4v) is 4.17. The van der Waals surface area contributed by atoms with E-state index >= 15 is 0 Å². The lowest BCUT2D eigenvalue weighted by atomic mass is 10.2. The molecule has 5 nitrogen and oxygen atoms in total. The number of aryl methyl sites for hydroxylation is 1. The molecule has 0 aliphatic heterocycles. The molecule has 1 heterocycles. The van der Waals surface area contributed by atoms with Crippen LogP contribution in [0, 0.1) is 6.92 Å². The van der Waals surface area contributed by atoms with Gasteiger partial charge in [-0.15, -0.1) is 0 Å². The molecule has 0 aliphatic rings. The summed E-state index contributed by atoms with van der Waals surface area (Å²) in [4.78, 5) is 4.71. The summed E-state index contributed by atoms with van der Waals surface area (Å²) in [6, 6.07) is 19.6. The lowest BCUT2D eigenvalue weighted by Crippen LogP contribution is -2.01. The third-order valence-corrected chi connectivity index (χ3v) is 5.80. The van der Waals surface area contributed by atoms with Crippen molar-refractivity contribution in [3.8, 4) is 17.2 Å². The number of sulfone groups is 1. The highest BCUT2D eigenvalue weighted by Crippen LogP contribution is 2.31. The Morgan fingerprint density at radius 3 is 2.54 bits per heavy atom. The number of imidazole rings is 1. The summed E-state index contributed by atoms with van der Waals surface area (Å²) in [6.07, 6.45) is 1.16. The highest BCUT2D eigenvalue weighted by molar-refractivity contribution is 7.90. The van der Waals surface area contributed by atoms with E-state index in [0.717, 1.165) is 28.8 Å². The summed E-state index contributed by atoms with van der Waals surface area (Å²) in [5, 5.41) is 0.592. The Morgan fingerprint density at radius 2 is 1.75 bits per heavy atom. The number of benzene rings is 3. The molecule has 1 aromatic heterocycles. The lowest BCUT2D eigenvalue weighted by Gasteiger charge is -2.12. The molecule has 0 N–H and O–H groups in total. The van der Waals surface area contributed by atoms with Crippen LogP contribution in [0.3, 0.4) is 0 Å². The van der Waals surface area contributed by atoms with Crippen molar-refractivity contribution in [2.75, 3.05) is 6.26 Å². The van der Waals surface area contributed by atoms with Gasteiger partial charge in [-0.1, -0.05) is 35.9 Å². The van der Waals surface area contributed by atoms with Gasteiger partial charge in [0.2, 0.25) is 0 Å². The number of nitrogens with zero attached hydrogens (tertiary/aromatic N) is 2. The van der Waals surface area contributed by atoms with Crippen molar-refractivity contribution < 1.29 is 13.2 Å². The lowest BCUT2D eigenvalue weighted by molar-refractivity contribution is 0.467. The van der Waals surface area contributed by atoms with Crippen LogP contribution in [0.15, 0.2) is 71.6 Å². The maximum Gasteiger partial charge on any atom is 0.179 e. The van der Waals surface area contributed by atoms with Gasteiger partial charge in [-0.25, -0.2) is 13.4 Å². The van der Waals surface area contributed by atoms with Crippen molar-refractivity contribution in [2.45, 2.75) is 11.8 Å². The molecule has 0 unspecified atom stereocenters. The Bertz CT molecular complexity index is 1300. The largest absolute Gasteiger partial charge is 0.456 e. The van der Waals surface area contributed by atoms with E-state index in [9.17, 15) is 8.42 Å². The van der Waals surface area contributed by atoms with Gasteiger partial charge in [0.05, 0.1) is 16.2 Å². The molecule has 0 fully saturated rings. The molecule has 4 rings (SSSR count). The molecule has 0 bridgehead atoms. The topological polar surface area (TPSA) is 61.2 Å².